The van der Waals surface area contributed by atoms with Crippen LogP contribution in [0.3, 0.4) is 0 Å². The number of rotatable bonds is 5. The molecule has 2 unspecified atom stereocenters. The van der Waals surface area contributed by atoms with Crippen molar-refractivity contribution in [2.75, 3.05) is 37.5 Å². The molecule has 18 heavy (non-hydrogen) atoms. The van der Waals surface area contributed by atoms with Gasteiger partial charge in [-0.1, -0.05) is 6.92 Å². The number of sulfone groups is 1. The number of carbonyl (C=O) groups excluding carboxylic acids is 1. The lowest BCUT2D eigenvalue weighted by Crippen LogP contribution is -2.56. The summed E-state index contributed by atoms with van der Waals surface area (Å²) in [6.07, 6.45) is 0. The molecule has 0 aromatic carbocycles. The van der Waals surface area contributed by atoms with Crippen LogP contribution >= 0.6 is 11.8 Å². The van der Waals surface area contributed by atoms with E-state index in [4.69, 9.17) is 10.5 Å². The molecule has 0 aliphatic carbocycles. The van der Waals surface area contributed by atoms with Crippen LogP contribution in [0.4, 0.5) is 0 Å². The molecule has 1 heterocycles. The molecule has 1 saturated heterocycles. The van der Waals surface area contributed by atoms with Crippen molar-refractivity contribution in [3.8, 4) is 0 Å². The minimum atomic E-state index is -3.28. The Morgan fingerprint density at radius 2 is 2.28 bits per heavy atom. The Bertz CT molecular complexity index is 385. The molecule has 8 heteroatoms. The SMILES string of the molecule is CCS(=O)(=O)C1CSCCN1C(=O)C(N)COC. The van der Waals surface area contributed by atoms with E-state index in [1.54, 1.807) is 18.7 Å². The maximum atomic E-state index is 12.1. The molecule has 0 bridgehead atoms. The molecule has 1 aliphatic rings. The Kier molecular flexibility index (Phi) is 5.90. The third kappa shape index (κ3) is 3.59. The van der Waals surface area contributed by atoms with Gasteiger partial charge in [0.05, 0.1) is 6.61 Å². The smallest absolute Gasteiger partial charge is 0.242 e. The molecule has 1 fully saturated rings. The largest absolute Gasteiger partial charge is 0.383 e. The molecule has 1 amide bonds. The zero-order valence-corrected chi connectivity index (χ0v) is 12.3. The van der Waals surface area contributed by atoms with Crippen molar-refractivity contribution in [3.05, 3.63) is 0 Å². The summed E-state index contributed by atoms with van der Waals surface area (Å²) < 4.78 is 28.8. The second-order valence-electron chi connectivity index (χ2n) is 4.07. The Morgan fingerprint density at radius 3 is 2.83 bits per heavy atom. The molecule has 6 nitrogen and oxygen atoms in total. The van der Waals surface area contributed by atoms with E-state index in [1.165, 1.54) is 12.0 Å². The molecule has 2 atom stereocenters. The summed E-state index contributed by atoms with van der Waals surface area (Å²) in [5, 5.41) is -0.753. The normalized spacial score (nSPS) is 22.8. The average Bonchev–Trinajstić information content (AvgIpc) is 2.38. The fourth-order valence-electron chi connectivity index (χ4n) is 1.79. The maximum Gasteiger partial charge on any atom is 0.242 e. The quantitative estimate of drug-likeness (QED) is 0.721. The van der Waals surface area contributed by atoms with Gasteiger partial charge in [0.25, 0.3) is 0 Å². The van der Waals surface area contributed by atoms with Crippen molar-refractivity contribution in [1.82, 2.24) is 4.90 Å². The first-order valence-corrected chi connectivity index (χ1v) is 8.65. The van der Waals surface area contributed by atoms with Gasteiger partial charge in [-0.3, -0.25) is 4.79 Å². The second-order valence-corrected chi connectivity index (χ2v) is 7.67. The zero-order chi connectivity index (χ0) is 13.8. The van der Waals surface area contributed by atoms with Crippen LogP contribution < -0.4 is 5.73 Å². The van der Waals surface area contributed by atoms with Gasteiger partial charge < -0.3 is 15.4 Å². The Balaban J connectivity index is 2.86. The number of methoxy groups -OCH3 is 1. The van der Waals surface area contributed by atoms with Crippen molar-refractivity contribution < 1.29 is 17.9 Å². The standard InChI is InChI=1S/C10H20N2O4S2/c1-3-18(14,15)9-7-17-5-4-12(9)10(13)8(11)6-16-2/h8-9H,3-7,11H2,1-2H3. The highest BCUT2D eigenvalue weighted by Gasteiger charge is 2.37. The van der Waals surface area contributed by atoms with Gasteiger partial charge >= 0.3 is 0 Å². The number of hydrogen-bond donors (Lipinski definition) is 1. The van der Waals surface area contributed by atoms with E-state index < -0.39 is 21.3 Å². The van der Waals surface area contributed by atoms with Crippen LogP contribution in [0.2, 0.25) is 0 Å². The van der Waals surface area contributed by atoms with Crippen molar-refractivity contribution in [3.63, 3.8) is 0 Å². The summed E-state index contributed by atoms with van der Waals surface area (Å²) in [7, 11) is -1.82. The Hall–Kier alpha value is -0.310. The van der Waals surface area contributed by atoms with E-state index in [9.17, 15) is 13.2 Å². The lowest BCUT2D eigenvalue weighted by Gasteiger charge is -2.36. The third-order valence-electron chi connectivity index (χ3n) is 2.85. The summed E-state index contributed by atoms with van der Waals surface area (Å²) in [5.74, 6) is 0.837. The topological polar surface area (TPSA) is 89.7 Å². The number of nitrogens with zero attached hydrogens (tertiary/aromatic N) is 1. The van der Waals surface area contributed by atoms with Crippen molar-refractivity contribution in [2.45, 2.75) is 18.3 Å². The molecule has 0 aromatic heterocycles. The number of ether oxygens (including phenoxy) is 1. The molecule has 0 spiro atoms. The van der Waals surface area contributed by atoms with E-state index in [0.29, 0.717) is 12.3 Å². The number of hydrogen-bond acceptors (Lipinski definition) is 6. The predicted octanol–water partition coefficient (Wildman–Crippen LogP) is -0.704. The van der Waals surface area contributed by atoms with Crippen LogP contribution in [0.5, 0.6) is 0 Å². The van der Waals surface area contributed by atoms with Crippen LogP contribution in [0.15, 0.2) is 0 Å². The molecule has 1 rings (SSSR count). The maximum absolute atomic E-state index is 12.1. The number of nitrogens with two attached hydrogens (primary N) is 1. The molecule has 0 saturated carbocycles. The first-order chi connectivity index (χ1) is 8.44. The number of thioether (sulfide) groups is 1. The summed E-state index contributed by atoms with van der Waals surface area (Å²) in [5.41, 5.74) is 5.69. The van der Waals surface area contributed by atoms with Crippen LogP contribution in [0.25, 0.3) is 0 Å². The lowest BCUT2D eigenvalue weighted by molar-refractivity contribution is -0.134. The second kappa shape index (κ2) is 6.74. The molecule has 2 N–H and O–H groups in total. The summed E-state index contributed by atoms with van der Waals surface area (Å²) in [6.45, 7) is 2.11. The van der Waals surface area contributed by atoms with Crippen LogP contribution in [0, 0.1) is 0 Å². The van der Waals surface area contributed by atoms with Crippen molar-refractivity contribution in [1.29, 1.82) is 0 Å². The first-order valence-electron chi connectivity index (χ1n) is 5.78. The van der Waals surface area contributed by atoms with E-state index >= 15 is 0 Å². The van der Waals surface area contributed by atoms with Crippen LogP contribution in [-0.2, 0) is 19.4 Å². The minimum absolute atomic E-state index is 0.0293. The van der Waals surface area contributed by atoms with Gasteiger partial charge in [-0.15, -0.1) is 0 Å². The fourth-order valence-corrected chi connectivity index (χ4v) is 4.76. The van der Waals surface area contributed by atoms with E-state index in [2.05, 4.69) is 0 Å². The third-order valence-corrected chi connectivity index (χ3v) is 6.14. The highest BCUT2D eigenvalue weighted by Crippen LogP contribution is 2.22. The molecule has 1 aliphatic heterocycles. The van der Waals surface area contributed by atoms with E-state index in [1.807, 2.05) is 0 Å². The summed E-state index contributed by atoms with van der Waals surface area (Å²) in [6, 6.07) is -0.798. The molecular weight excluding hydrogens is 276 g/mol. The van der Waals surface area contributed by atoms with Gasteiger partial charge in [-0.2, -0.15) is 11.8 Å². The predicted molar refractivity (Wildman–Crippen MR) is 72.1 cm³/mol. The fraction of sp³-hybridized carbons (Fsp3) is 0.900. The monoisotopic (exact) mass is 296 g/mol. The van der Waals surface area contributed by atoms with Gasteiger partial charge in [0, 0.05) is 30.9 Å². The lowest BCUT2D eigenvalue weighted by atomic mass is 10.3. The molecular formula is C10H20N2O4S2. The Labute approximate surface area is 112 Å². The minimum Gasteiger partial charge on any atom is -0.383 e. The average molecular weight is 296 g/mol. The number of amides is 1. The van der Waals surface area contributed by atoms with Gasteiger partial charge in [-0.25, -0.2) is 8.42 Å². The molecule has 0 radical (unpaired) electrons. The van der Waals surface area contributed by atoms with Gasteiger partial charge in [0.2, 0.25) is 5.91 Å². The highest BCUT2D eigenvalue weighted by molar-refractivity contribution is 8.01. The van der Waals surface area contributed by atoms with Crippen molar-refractivity contribution in [2.24, 2.45) is 5.73 Å². The summed E-state index contributed by atoms with van der Waals surface area (Å²) >= 11 is 1.55. The van der Waals surface area contributed by atoms with Crippen molar-refractivity contribution >= 4 is 27.5 Å². The Morgan fingerprint density at radius 1 is 1.61 bits per heavy atom. The first kappa shape index (κ1) is 15.7. The van der Waals surface area contributed by atoms with E-state index in [0.717, 1.165) is 5.75 Å². The van der Waals surface area contributed by atoms with Crippen LogP contribution in [-0.4, -0.2) is 68.2 Å². The van der Waals surface area contributed by atoms with Gasteiger partial charge in [-0.05, 0) is 0 Å². The van der Waals surface area contributed by atoms with E-state index in [-0.39, 0.29) is 18.3 Å². The van der Waals surface area contributed by atoms with Gasteiger partial charge in [0.1, 0.15) is 11.4 Å². The molecule has 106 valence electrons. The molecule has 0 aromatic rings. The van der Waals surface area contributed by atoms with Crippen LogP contribution in [0.1, 0.15) is 6.92 Å². The highest BCUT2D eigenvalue weighted by atomic mass is 32.2. The number of carbonyl (C=O) groups is 1. The zero-order valence-electron chi connectivity index (χ0n) is 10.7. The summed E-state index contributed by atoms with van der Waals surface area (Å²) in [4.78, 5) is 13.5. The van der Waals surface area contributed by atoms with Gasteiger partial charge in [0.15, 0.2) is 9.84 Å².